The lowest BCUT2D eigenvalue weighted by Gasteiger charge is -2.12. The molecule has 1 fully saturated rings. The fourth-order valence-corrected chi connectivity index (χ4v) is 3.15. The summed E-state index contributed by atoms with van der Waals surface area (Å²) in [6, 6.07) is 10.5. The van der Waals surface area contributed by atoms with Crippen LogP contribution in [0.5, 0.6) is 0 Å². The standard InChI is InChI=1S/C18H18FN3O/c19-14-5-1-4-13(10-14)12-22-17(11-15-6-3-9-23-15)21-16-7-2-8-20-18(16)22/h1-2,4-5,7-8,10,15H,3,6,9,11-12H2. The molecular weight excluding hydrogens is 293 g/mol. The Kier molecular flexibility index (Phi) is 3.79. The van der Waals surface area contributed by atoms with E-state index in [0.717, 1.165) is 48.4 Å². The fourth-order valence-electron chi connectivity index (χ4n) is 3.15. The van der Waals surface area contributed by atoms with Gasteiger partial charge in [-0.1, -0.05) is 12.1 Å². The molecule has 0 radical (unpaired) electrons. The molecule has 0 saturated carbocycles. The molecule has 0 bridgehead atoms. The lowest BCUT2D eigenvalue weighted by molar-refractivity contribution is 0.109. The molecule has 3 heterocycles. The first-order chi connectivity index (χ1) is 11.3. The van der Waals surface area contributed by atoms with E-state index in [-0.39, 0.29) is 11.9 Å². The van der Waals surface area contributed by atoms with Gasteiger partial charge >= 0.3 is 0 Å². The van der Waals surface area contributed by atoms with Crippen molar-refractivity contribution < 1.29 is 9.13 Å². The van der Waals surface area contributed by atoms with Gasteiger partial charge in [-0.3, -0.25) is 0 Å². The molecule has 0 aliphatic carbocycles. The van der Waals surface area contributed by atoms with Gasteiger partial charge in [-0.15, -0.1) is 0 Å². The highest BCUT2D eigenvalue weighted by Gasteiger charge is 2.20. The summed E-state index contributed by atoms with van der Waals surface area (Å²) in [5, 5.41) is 0. The molecule has 5 heteroatoms. The van der Waals surface area contributed by atoms with Crippen LogP contribution in [0.3, 0.4) is 0 Å². The molecule has 3 aromatic rings. The second kappa shape index (κ2) is 6.08. The molecule has 1 saturated heterocycles. The molecule has 1 aliphatic heterocycles. The van der Waals surface area contributed by atoms with Crippen LogP contribution in [0.1, 0.15) is 24.2 Å². The molecule has 1 unspecified atom stereocenters. The third-order valence-electron chi connectivity index (χ3n) is 4.25. The number of ether oxygens (including phenoxy) is 1. The van der Waals surface area contributed by atoms with Crippen molar-refractivity contribution in [2.75, 3.05) is 6.61 Å². The smallest absolute Gasteiger partial charge is 0.160 e. The van der Waals surface area contributed by atoms with Crippen LogP contribution < -0.4 is 0 Å². The van der Waals surface area contributed by atoms with Crippen molar-refractivity contribution in [1.29, 1.82) is 0 Å². The van der Waals surface area contributed by atoms with Crippen LogP contribution in [-0.2, 0) is 17.7 Å². The van der Waals surface area contributed by atoms with Gasteiger partial charge in [-0.25, -0.2) is 14.4 Å². The van der Waals surface area contributed by atoms with Crippen LogP contribution >= 0.6 is 0 Å². The molecule has 4 rings (SSSR count). The van der Waals surface area contributed by atoms with Gasteiger partial charge in [0.15, 0.2) is 5.65 Å². The van der Waals surface area contributed by atoms with Crippen LogP contribution in [-0.4, -0.2) is 27.2 Å². The number of fused-ring (bicyclic) bond motifs is 1. The molecule has 1 aromatic carbocycles. The lowest BCUT2D eigenvalue weighted by atomic mass is 10.1. The number of hydrogen-bond acceptors (Lipinski definition) is 3. The average molecular weight is 311 g/mol. The largest absolute Gasteiger partial charge is 0.378 e. The van der Waals surface area contributed by atoms with E-state index in [0.29, 0.717) is 6.54 Å². The Morgan fingerprint density at radius 1 is 1.26 bits per heavy atom. The molecule has 1 atom stereocenters. The van der Waals surface area contributed by atoms with Crippen LogP contribution in [0.4, 0.5) is 4.39 Å². The van der Waals surface area contributed by atoms with Crippen molar-refractivity contribution >= 4 is 11.2 Å². The van der Waals surface area contributed by atoms with Crippen LogP contribution in [0.25, 0.3) is 11.2 Å². The molecule has 0 spiro atoms. The number of pyridine rings is 1. The van der Waals surface area contributed by atoms with Gasteiger partial charge in [0.05, 0.1) is 12.6 Å². The minimum atomic E-state index is -0.222. The number of aromatic nitrogens is 3. The number of hydrogen-bond donors (Lipinski definition) is 0. The van der Waals surface area contributed by atoms with E-state index in [1.165, 1.54) is 6.07 Å². The predicted molar refractivity (Wildman–Crippen MR) is 85.7 cm³/mol. The van der Waals surface area contributed by atoms with Gasteiger partial charge in [-0.05, 0) is 42.7 Å². The Bertz CT molecular complexity index is 824. The van der Waals surface area contributed by atoms with Gasteiger partial charge in [0.25, 0.3) is 0 Å². The summed E-state index contributed by atoms with van der Waals surface area (Å²) in [6.07, 6.45) is 4.93. The first-order valence-electron chi connectivity index (χ1n) is 7.96. The van der Waals surface area contributed by atoms with Crippen molar-refractivity contribution in [1.82, 2.24) is 14.5 Å². The quantitative estimate of drug-likeness (QED) is 0.742. The zero-order valence-corrected chi connectivity index (χ0v) is 12.8. The average Bonchev–Trinajstić information content (AvgIpc) is 3.17. The first kappa shape index (κ1) is 14.3. The van der Waals surface area contributed by atoms with E-state index in [1.807, 2.05) is 18.2 Å². The maximum absolute atomic E-state index is 13.5. The zero-order valence-electron chi connectivity index (χ0n) is 12.8. The monoisotopic (exact) mass is 311 g/mol. The Hall–Kier alpha value is -2.27. The zero-order chi connectivity index (χ0) is 15.6. The van der Waals surface area contributed by atoms with Crippen LogP contribution in [0, 0.1) is 5.82 Å². The Morgan fingerprint density at radius 3 is 3.04 bits per heavy atom. The lowest BCUT2D eigenvalue weighted by Crippen LogP contribution is -2.14. The molecule has 23 heavy (non-hydrogen) atoms. The molecule has 2 aromatic heterocycles. The van der Waals surface area contributed by atoms with Crippen molar-refractivity contribution in [2.45, 2.75) is 31.9 Å². The molecule has 118 valence electrons. The van der Waals surface area contributed by atoms with Crippen molar-refractivity contribution in [3.8, 4) is 0 Å². The number of rotatable bonds is 4. The van der Waals surface area contributed by atoms with Gasteiger partial charge < -0.3 is 9.30 Å². The van der Waals surface area contributed by atoms with Crippen LogP contribution in [0.15, 0.2) is 42.6 Å². The van der Waals surface area contributed by atoms with E-state index in [9.17, 15) is 4.39 Å². The second-order valence-corrected chi connectivity index (χ2v) is 5.93. The summed E-state index contributed by atoms with van der Waals surface area (Å²) >= 11 is 0. The van der Waals surface area contributed by atoms with Gasteiger partial charge in [-0.2, -0.15) is 0 Å². The van der Waals surface area contributed by atoms with Gasteiger partial charge in [0.2, 0.25) is 0 Å². The number of nitrogens with zero attached hydrogens (tertiary/aromatic N) is 3. The highest BCUT2D eigenvalue weighted by atomic mass is 19.1. The van der Waals surface area contributed by atoms with Crippen molar-refractivity contribution in [3.05, 3.63) is 59.8 Å². The number of halogens is 1. The van der Waals surface area contributed by atoms with Gasteiger partial charge in [0.1, 0.15) is 17.2 Å². The maximum atomic E-state index is 13.5. The number of imidazole rings is 1. The van der Waals surface area contributed by atoms with E-state index >= 15 is 0 Å². The Morgan fingerprint density at radius 2 is 2.22 bits per heavy atom. The first-order valence-corrected chi connectivity index (χ1v) is 7.96. The Labute approximate surface area is 133 Å². The third kappa shape index (κ3) is 2.97. The summed E-state index contributed by atoms with van der Waals surface area (Å²) in [5.74, 6) is 0.732. The molecule has 0 amide bonds. The van der Waals surface area contributed by atoms with Crippen LogP contribution in [0.2, 0.25) is 0 Å². The minimum absolute atomic E-state index is 0.220. The van der Waals surface area contributed by atoms with E-state index in [1.54, 1.807) is 18.3 Å². The van der Waals surface area contributed by atoms with Gasteiger partial charge in [0, 0.05) is 19.2 Å². The molecule has 4 nitrogen and oxygen atoms in total. The molecular formula is C18H18FN3O. The summed E-state index contributed by atoms with van der Waals surface area (Å²) in [6.45, 7) is 1.39. The topological polar surface area (TPSA) is 39.9 Å². The fraction of sp³-hybridized carbons (Fsp3) is 0.333. The summed E-state index contributed by atoms with van der Waals surface area (Å²) in [5.41, 5.74) is 2.62. The van der Waals surface area contributed by atoms with Crippen molar-refractivity contribution in [2.24, 2.45) is 0 Å². The third-order valence-corrected chi connectivity index (χ3v) is 4.25. The second-order valence-electron chi connectivity index (χ2n) is 5.93. The summed E-state index contributed by atoms with van der Waals surface area (Å²) < 4.78 is 21.3. The summed E-state index contributed by atoms with van der Waals surface area (Å²) in [7, 11) is 0. The highest BCUT2D eigenvalue weighted by Crippen LogP contribution is 2.21. The van der Waals surface area contributed by atoms with E-state index in [4.69, 9.17) is 9.72 Å². The SMILES string of the molecule is Fc1cccc(Cn2c(CC3CCCO3)nc3cccnc32)c1. The number of benzene rings is 1. The predicted octanol–water partition coefficient (Wildman–Crippen LogP) is 3.34. The van der Waals surface area contributed by atoms with E-state index in [2.05, 4.69) is 9.55 Å². The molecule has 1 aliphatic rings. The van der Waals surface area contributed by atoms with E-state index < -0.39 is 0 Å². The Balaban J connectivity index is 1.72. The normalized spacial score (nSPS) is 17.9. The highest BCUT2D eigenvalue weighted by molar-refractivity contribution is 5.71. The summed E-state index contributed by atoms with van der Waals surface area (Å²) in [4.78, 5) is 9.18. The molecule has 0 N–H and O–H groups in total. The minimum Gasteiger partial charge on any atom is -0.378 e. The maximum Gasteiger partial charge on any atom is 0.160 e. The van der Waals surface area contributed by atoms with Crippen molar-refractivity contribution in [3.63, 3.8) is 0 Å².